The molecule has 2 rings (SSSR count). The molecule has 0 saturated heterocycles. The molecule has 0 aliphatic carbocycles. The second-order valence-electron chi connectivity index (χ2n) is 2.55. The third-order valence-corrected chi connectivity index (χ3v) is 1.67. The van der Waals surface area contributed by atoms with Gasteiger partial charge in [-0.3, -0.25) is 4.79 Å². The smallest absolute Gasteiger partial charge is 0.356 e. The Hall–Kier alpha value is -1.98. The van der Waals surface area contributed by atoms with Crippen molar-refractivity contribution in [2.24, 2.45) is 0 Å². The van der Waals surface area contributed by atoms with Crippen LogP contribution >= 0.6 is 0 Å². The number of rotatable bonds is 1. The van der Waals surface area contributed by atoms with Crippen LogP contribution in [0, 0.1) is 0 Å². The van der Waals surface area contributed by atoms with Crippen LogP contribution in [0.25, 0.3) is 0 Å². The molecule has 1 aromatic heterocycles. The Bertz CT molecular complexity index is 382. The highest BCUT2D eigenvalue weighted by Crippen LogP contribution is 2.31. The van der Waals surface area contributed by atoms with Crippen molar-refractivity contribution >= 4 is 17.6 Å². The molecule has 0 fully saturated rings. The highest BCUT2D eigenvalue weighted by molar-refractivity contribution is 6.00. The van der Waals surface area contributed by atoms with Crippen molar-refractivity contribution in [1.29, 1.82) is 0 Å². The summed E-state index contributed by atoms with van der Waals surface area (Å²) in [5, 5.41) is 11.1. The molecule has 68 valence electrons. The van der Waals surface area contributed by atoms with Gasteiger partial charge in [0.2, 0.25) is 0 Å². The van der Waals surface area contributed by atoms with Gasteiger partial charge in [-0.1, -0.05) is 0 Å². The fraction of sp³-hybridized carbons (Fsp3) is 0.143. The van der Waals surface area contributed by atoms with E-state index in [0.717, 1.165) is 0 Å². The van der Waals surface area contributed by atoms with Crippen LogP contribution in [0.2, 0.25) is 0 Å². The SMILES string of the molecule is O=C1COc2c(c[nH]c2C(=O)O)N1. The molecule has 1 amide bonds. The summed E-state index contributed by atoms with van der Waals surface area (Å²) in [6, 6.07) is 0. The van der Waals surface area contributed by atoms with E-state index in [9.17, 15) is 9.59 Å². The first-order valence-corrected chi connectivity index (χ1v) is 3.56. The number of carboxylic acids is 1. The van der Waals surface area contributed by atoms with Gasteiger partial charge in [-0.25, -0.2) is 4.79 Å². The molecule has 13 heavy (non-hydrogen) atoms. The average Bonchev–Trinajstić information content (AvgIpc) is 2.46. The fourth-order valence-electron chi connectivity index (χ4n) is 1.14. The number of ether oxygens (including phenoxy) is 1. The molecule has 0 radical (unpaired) electrons. The summed E-state index contributed by atoms with van der Waals surface area (Å²) >= 11 is 0. The Balaban J connectivity index is 2.44. The lowest BCUT2D eigenvalue weighted by Crippen LogP contribution is -2.25. The van der Waals surface area contributed by atoms with E-state index in [2.05, 4.69) is 10.3 Å². The molecule has 6 nitrogen and oxygen atoms in total. The van der Waals surface area contributed by atoms with Gasteiger partial charge in [-0.05, 0) is 0 Å². The summed E-state index contributed by atoms with van der Waals surface area (Å²) in [6.07, 6.45) is 1.38. The van der Waals surface area contributed by atoms with Crippen LogP contribution in [0.15, 0.2) is 6.20 Å². The minimum Gasteiger partial charge on any atom is -0.479 e. The summed E-state index contributed by atoms with van der Waals surface area (Å²) in [7, 11) is 0. The largest absolute Gasteiger partial charge is 0.479 e. The number of hydrogen-bond acceptors (Lipinski definition) is 3. The Morgan fingerprint density at radius 1 is 1.62 bits per heavy atom. The number of aromatic amines is 1. The maximum absolute atomic E-state index is 10.8. The lowest BCUT2D eigenvalue weighted by Gasteiger charge is -2.13. The minimum absolute atomic E-state index is 0.0463. The van der Waals surface area contributed by atoms with Crippen LogP contribution in [0.4, 0.5) is 5.69 Å². The number of aromatic carboxylic acids is 1. The molecular formula is C7H6N2O4. The summed E-state index contributed by atoms with van der Waals surface area (Å²) in [5.74, 6) is -1.21. The topological polar surface area (TPSA) is 91.4 Å². The summed E-state index contributed by atoms with van der Waals surface area (Å²) in [4.78, 5) is 23.9. The number of hydrogen-bond donors (Lipinski definition) is 3. The Morgan fingerprint density at radius 3 is 3.08 bits per heavy atom. The number of nitrogens with one attached hydrogen (secondary N) is 2. The molecule has 0 spiro atoms. The number of fused-ring (bicyclic) bond motifs is 1. The molecule has 0 aromatic carbocycles. The average molecular weight is 182 g/mol. The Morgan fingerprint density at radius 2 is 2.38 bits per heavy atom. The molecule has 6 heteroatoms. The van der Waals surface area contributed by atoms with Crippen LogP contribution in [0.1, 0.15) is 10.5 Å². The Labute approximate surface area is 72.5 Å². The first kappa shape index (κ1) is 7.66. The van der Waals surface area contributed by atoms with Crippen LogP contribution in [-0.4, -0.2) is 28.6 Å². The van der Waals surface area contributed by atoms with E-state index >= 15 is 0 Å². The second-order valence-corrected chi connectivity index (χ2v) is 2.55. The molecule has 3 N–H and O–H groups in total. The lowest BCUT2D eigenvalue weighted by atomic mass is 10.3. The van der Waals surface area contributed by atoms with Crippen LogP contribution < -0.4 is 10.1 Å². The summed E-state index contributed by atoms with van der Waals surface area (Å²) in [6.45, 7) is -0.148. The highest BCUT2D eigenvalue weighted by Gasteiger charge is 2.24. The van der Waals surface area contributed by atoms with Crippen molar-refractivity contribution in [3.8, 4) is 5.75 Å². The highest BCUT2D eigenvalue weighted by atomic mass is 16.5. The molecule has 0 bridgehead atoms. The van der Waals surface area contributed by atoms with E-state index in [0.29, 0.717) is 5.69 Å². The molecule has 1 aliphatic rings. The normalized spacial score (nSPS) is 14.3. The van der Waals surface area contributed by atoms with Crippen molar-refractivity contribution in [3.63, 3.8) is 0 Å². The van der Waals surface area contributed by atoms with Crippen molar-refractivity contribution in [1.82, 2.24) is 4.98 Å². The van der Waals surface area contributed by atoms with Crippen molar-refractivity contribution in [2.75, 3.05) is 11.9 Å². The second kappa shape index (κ2) is 2.51. The molecule has 1 aromatic rings. The number of carbonyl (C=O) groups is 2. The van der Waals surface area contributed by atoms with Crippen molar-refractivity contribution in [3.05, 3.63) is 11.9 Å². The predicted molar refractivity (Wildman–Crippen MR) is 41.9 cm³/mol. The van der Waals surface area contributed by atoms with E-state index in [1.54, 1.807) is 0 Å². The van der Waals surface area contributed by atoms with Gasteiger partial charge in [-0.2, -0.15) is 0 Å². The van der Waals surface area contributed by atoms with E-state index in [1.807, 2.05) is 0 Å². The maximum atomic E-state index is 10.8. The molecular weight excluding hydrogens is 176 g/mol. The zero-order valence-electron chi connectivity index (χ0n) is 6.46. The first-order valence-electron chi connectivity index (χ1n) is 3.56. The van der Waals surface area contributed by atoms with Gasteiger partial charge in [0.1, 0.15) is 5.69 Å². The van der Waals surface area contributed by atoms with Crippen LogP contribution in [0.3, 0.4) is 0 Å². The third kappa shape index (κ3) is 1.12. The van der Waals surface area contributed by atoms with Gasteiger partial charge < -0.3 is 20.1 Å². The van der Waals surface area contributed by atoms with E-state index in [4.69, 9.17) is 9.84 Å². The standard InChI is InChI=1S/C7H6N2O4/c10-4-2-13-6-3(9-4)1-8-5(6)7(11)12/h1,8H,2H2,(H,9,10)(H,11,12). The molecule has 2 heterocycles. The van der Waals surface area contributed by atoms with E-state index < -0.39 is 5.97 Å². The van der Waals surface area contributed by atoms with Gasteiger partial charge in [-0.15, -0.1) is 0 Å². The fourth-order valence-corrected chi connectivity index (χ4v) is 1.14. The Kier molecular flexibility index (Phi) is 1.48. The zero-order chi connectivity index (χ0) is 9.42. The monoisotopic (exact) mass is 182 g/mol. The molecule has 0 unspecified atom stereocenters. The van der Waals surface area contributed by atoms with Crippen LogP contribution in [0.5, 0.6) is 5.75 Å². The molecule has 1 aliphatic heterocycles. The first-order chi connectivity index (χ1) is 6.18. The van der Waals surface area contributed by atoms with E-state index in [1.165, 1.54) is 6.20 Å². The van der Waals surface area contributed by atoms with Crippen molar-refractivity contribution < 1.29 is 19.4 Å². The van der Waals surface area contributed by atoms with E-state index in [-0.39, 0.29) is 24.0 Å². The van der Waals surface area contributed by atoms with Crippen LogP contribution in [-0.2, 0) is 4.79 Å². The summed E-state index contributed by atoms with van der Waals surface area (Å²) < 4.78 is 4.94. The quantitative estimate of drug-likeness (QED) is 0.572. The number of carboxylic acid groups (broad SMARTS) is 1. The minimum atomic E-state index is -1.11. The summed E-state index contributed by atoms with van der Waals surface area (Å²) in [5.41, 5.74) is 0.323. The maximum Gasteiger partial charge on any atom is 0.356 e. The number of carbonyl (C=O) groups excluding carboxylic acids is 1. The van der Waals surface area contributed by atoms with Gasteiger partial charge in [0.25, 0.3) is 5.91 Å². The van der Waals surface area contributed by atoms with Gasteiger partial charge in [0.05, 0.1) is 0 Å². The predicted octanol–water partition coefficient (Wildman–Crippen LogP) is 0.0438. The molecule has 0 atom stereocenters. The van der Waals surface area contributed by atoms with Gasteiger partial charge in [0, 0.05) is 6.20 Å². The van der Waals surface area contributed by atoms with Gasteiger partial charge >= 0.3 is 5.97 Å². The number of aromatic nitrogens is 1. The lowest BCUT2D eigenvalue weighted by molar-refractivity contribution is -0.118. The number of amides is 1. The zero-order valence-corrected chi connectivity index (χ0v) is 6.46. The number of H-pyrrole nitrogens is 1. The third-order valence-electron chi connectivity index (χ3n) is 1.67. The van der Waals surface area contributed by atoms with Gasteiger partial charge in [0.15, 0.2) is 18.1 Å². The molecule has 0 saturated carbocycles. The van der Waals surface area contributed by atoms with Crippen molar-refractivity contribution in [2.45, 2.75) is 0 Å². The number of anilines is 1.